The average Bonchev–Trinajstić information content (AvgIpc) is 2.53. The molecule has 0 spiro atoms. The largest absolute Gasteiger partial charge is 0.496 e. The summed E-state index contributed by atoms with van der Waals surface area (Å²) in [7, 11) is 0.394. The van der Waals surface area contributed by atoms with Crippen molar-refractivity contribution in [3.63, 3.8) is 0 Å². The quantitative estimate of drug-likeness (QED) is 0.357. The molecule has 1 rings (SSSR count). The van der Waals surface area contributed by atoms with Crippen LogP contribution in [0, 0.1) is 0 Å². The Labute approximate surface area is 175 Å². The van der Waals surface area contributed by atoms with E-state index < -0.39 is 14.6 Å². The fourth-order valence-corrected chi connectivity index (χ4v) is 3.16. The standard InChI is InChI=1S/C18H31N3O3S.HI/c1-7-19-17(20-12-13-25(22,23)18(2,3)4)21(5)14-15-10-8-9-11-16(15)24-6;/h8-11H,7,12-14H2,1-6H3,(H,19,20);1H. The molecule has 0 bridgehead atoms. The van der Waals surface area contributed by atoms with Gasteiger partial charge in [-0.05, 0) is 33.8 Å². The average molecular weight is 497 g/mol. The van der Waals surface area contributed by atoms with Crippen molar-refractivity contribution in [3.05, 3.63) is 29.8 Å². The summed E-state index contributed by atoms with van der Waals surface area (Å²) >= 11 is 0. The lowest BCUT2D eigenvalue weighted by Gasteiger charge is -2.23. The van der Waals surface area contributed by atoms with E-state index in [0.717, 1.165) is 11.3 Å². The van der Waals surface area contributed by atoms with Crippen LogP contribution in [-0.4, -0.2) is 57.0 Å². The number of benzene rings is 1. The molecular weight excluding hydrogens is 465 g/mol. The fourth-order valence-electron chi connectivity index (χ4n) is 2.21. The lowest BCUT2D eigenvalue weighted by atomic mass is 10.2. The normalized spacial score (nSPS) is 12.3. The summed E-state index contributed by atoms with van der Waals surface area (Å²) in [5.41, 5.74) is 1.04. The van der Waals surface area contributed by atoms with E-state index in [4.69, 9.17) is 4.74 Å². The predicted molar refractivity (Wildman–Crippen MR) is 119 cm³/mol. The van der Waals surface area contributed by atoms with E-state index in [1.54, 1.807) is 27.9 Å². The Hall–Kier alpha value is -1.03. The van der Waals surface area contributed by atoms with Crippen molar-refractivity contribution >= 4 is 39.8 Å². The van der Waals surface area contributed by atoms with Gasteiger partial charge in [-0.25, -0.2) is 8.42 Å². The number of rotatable bonds is 7. The molecule has 6 nitrogen and oxygen atoms in total. The maximum Gasteiger partial charge on any atom is 0.193 e. The van der Waals surface area contributed by atoms with Gasteiger partial charge in [0.2, 0.25) is 0 Å². The first kappa shape index (κ1) is 25.0. The number of halogens is 1. The number of methoxy groups -OCH3 is 1. The Bertz CT molecular complexity index is 685. The molecule has 8 heteroatoms. The number of nitrogens with one attached hydrogen (secondary N) is 1. The number of nitrogens with zero attached hydrogens (tertiary/aromatic N) is 2. The van der Waals surface area contributed by atoms with E-state index in [-0.39, 0.29) is 36.3 Å². The number of para-hydroxylation sites is 1. The predicted octanol–water partition coefficient (Wildman–Crippen LogP) is 2.92. The van der Waals surface area contributed by atoms with E-state index >= 15 is 0 Å². The maximum atomic E-state index is 12.2. The van der Waals surface area contributed by atoms with Gasteiger partial charge in [-0.15, -0.1) is 24.0 Å². The van der Waals surface area contributed by atoms with Gasteiger partial charge >= 0.3 is 0 Å². The van der Waals surface area contributed by atoms with Gasteiger partial charge in [0, 0.05) is 25.7 Å². The summed E-state index contributed by atoms with van der Waals surface area (Å²) in [5, 5.41) is 3.21. The Kier molecular flexibility index (Phi) is 10.5. The van der Waals surface area contributed by atoms with E-state index in [1.807, 2.05) is 43.1 Å². The molecule has 0 amide bonds. The SMILES string of the molecule is CCNC(=NCCS(=O)(=O)C(C)(C)C)N(C)Cc1ccccc1OC.I. The molecule has 1 N–H and O–H groups in total. The maximum absolute atomic E-state index is 12.2. The van der Waals surface area contributed by atoms with Crippen LogP contribution in [0.25, 0.3) is 0 Å². The summed E-state index contributed by atoms with van der Waals surface area (Å²) in [6.07, 6.45) is 0. The van der Waals surface area contributed by atoms with Gasteiger partial charge in [-0.1, -0.05) is 18.2 Å². The number of sulfone groups is 1. The summed E-state index contributed by atoms with van der Waals surface area (Å²) in [5.74, 6) is 1.53. The van der Waals surface area contributed by atoms with Gasteiger partial charge in [-0.3, -0.25) is 4.99 Å². The van der Waals surface area contributed by atoms with Gasteiger partial charge in [0.05, 0.1) is 24.2 Å². The van der Waals surface area contributed by atoms with Crippen molar-refractivity contribution in [1.82, 2.24) is 10.2 Å². The minimum Gasteiger partial charge on any atom is -0.496 e. The van der Waals surface area contributed by atoms with E-state index in [0.29, 0.717) is 19.0 Å². The highest BCUT2D eigenvalue weighted by Crippen LogP contribution is 2.19. The van der Waals surface area contributed by atoms with Crippen LogP contribution in [-0.2, 0) is 16.4 Å². The van der Waals surface area contributed by atoms with Crippen molar-refractivity contribution in [2.24, 2.45) is 4.99 Å². The van der Waals surface area contributed by atoms with Crippen LogP contribution < -0.4 is 10.1 Å². The molecule has 0 aliphatic carbocycles. The molecule has 1 aromatic carbocycles. The van der Waals surface area contributed by atoms with Gasteiger partial charge in [0.25, 0.3) is 0 Å². The van der Waals surface area contributed by atoms with Crippen molar-refractivity contribution < 1.29 is 13.2 Å². The number of aliphatic imine (C=N–C) groups is 1. The number of ether oxygens (including phenoxy) is 1. The topological polar surface area (TPSA) is 71.0 Å². The first-order valence-corrected chi connectivity index (χ1v) is 10.1. The number of hydrogen-bond donors (Lipinski definition) is 1. The summed E-state index contributed by atoms with van der Waals surface area (Å²) in [4.78, 5) is 6.44. The lowest BCUT2D eigenvalue weighted by molar-refractivity contribution is 0.396. The fraction of sp³-hybridized carbons (Fsp3) is 0.611. The second-order valence-corrected chi connectivity index (χ2v) is 9.70. The van der Waals surface area contributed by atoms with Crippen LogP contribution in [0.1, 0.15) is 33.3 Å². The minimum atomic E-state index is -3.18. The Morgan fingerprint density at radius 1 is 1.27 bits per heavy atom. The molecular formula is C18H32IN3O3S. The third-order valence-corrected chi connectivity index (χ3v) is 6.44. The molecule has 150 valence electrons. The van der Waals surface area contributed by atoms with Crippen LogP contribution in [0.2, 0.25) is 0 Å². The molecule has 0 fully saturated rings. The molecule has 0 aliphatic heterocycles. The van der Waals surface area contributed by atoms with E-state index in [9.17, 15) is 8.42 Å². The Morgan fingerprint density at radius 2 is 1.88 bits per heavy atom. The molecule has 26 heavy (non-hydrogen) atoms. The van der Waals surface area contributed by atoms with Crippen LogP contribution in [0.5, 0.6) is 5.75 Å². The third kappa shape index (κ3) is 7.30. The zero-order valence-corrected chi connectivity index (χ0v) is 19.7. The highest BCUT2D eigenvalue weighted by molar-refractivity contribution is 14.0. The van der Waals surface area contributed by atoms with Gasteiger partial charge in [-0.2, -0.15) is 0 Å². The number of hydrogen-bond acceptors (Lipinski definition) is 4. The first-order chi connectivity index (χ1) is 11.6. The first-order valence-electron chi connectivity index (χ1n) is 8.46. The third-order valence-electron chi connectivity index (χ3n) is 3.85. The summed E-state index contributed by atoms with van der Waals surface area (Å²) in [6.45, 7) is 8.68. The van der Waals surface area contributed by atoms with Gasteiger partial charge in [0.1, 0.15) is 5.75 Å². The Morgan fingerprint density at radius 3 is 2.42 bits per heavy atom. The van der Waals surface area contributed by atoms with Crippen molar-refractivity contribution in [3.8, 4) is 5.75 Å². The van der Waals surface area contributed by atoms with Crippen LogP contribution >= 0.6 is 24.0 Å². The van der Waals surface area contributed by atoms with Crippen LogP contribution in [0.4, 0.5) is 0 Å². The highest BCUT2D eigenvalue weighted by Gasteiger charge is 2.28. The second-order valence-electron chi connectivity index (χ2n) is 6.83. The van der Waals surface area contributed by atoms with Crippen molar-refractivity contribution in [2.75, 3.05) is 33.0 Å². The van der Waals surface area contributed by atoms with Crippen molar-refractivity contribution in [1.29, 1.82) is 0 Å². The number of guanidine groups is 1. The van der Waals surface area contributed by atoms with Gasteiger partial charge < -0.3 is 15.0 Å². The molecule has 0 radical (unpaired) electrons. The molecule has 0 heterocycles. The Balaban J connectivity index is 0.00000625. The molecule has 0 saturated heterocycles. The van der Waals surface area contributed by atoms with Gasteiger partial charge in [0.15, 0.2) is 15.8 Å². The van der Waals surface area contributed by atoms with E-state index in [1.165, 1.54) is 0 Å². The molecule has 0 atom stereocenters. The minimum absolute atomic E-state index is 0. The smallest absolute Gasteiger partial charge is 0.193 e. The molecule has 0 saturated carbocycles. The second kappa shape index (κ2) is 11.0. The summed E-state index contributed by atoms with van der Waals surface area (Å²) in [6, 6.07) is 7.82. The monoisotopic (exact) mass is 497 g/mol. The molecule has 0 aliphatic rings. The summed E-state index contributed by atoms with van der Waals surface area (Å²) < 4.78 is 29.1. The molecule has 0 unspecified atom stereocenters. The molecule has 1 aromatic rings. The lowest BCUT2D eigenvalue weighted by Crippen LogP contribution is -2.39. The van der Waals surface area contributed by atoms with Crippen molar-refractivity contribution in [2.45, 2.75) is 39.0 Å². The zero-order valence-electron chi connectivity index (χ0n) is 16.6. The van der Waals surface area contributed by atoms with Crippen LogP contribution in [0.3, 0.4) is 0 Å². The van der Waals surface area contributed by atoms with E-state index in [2.05, 4.69) is 10.3 Å². The zero-order chi connectivity index (χ0) is 19.1. The van der Waals surface area contributed by atoms with Crippen LogP contribution in [0.15, 0.2) is 29.3 Å². The molecule has 0 aromatic heterocycles. The highest BCUT2D eigenvalue weighted by atomic mass is 127.